The number of aliphatic hydroxyl groups excluding tert-OH is 1. The molecule has 268 valence electrons. The lowest BCUT2D eigenvalue weighted by atomic mass is 9.95. The quantitative estimate of drug-likeness (QED) is 0.0689. The van der Waals surface area contributed by atoms with Crippen molar-refractivity contribution in [1.29, 1.82) is 0 Å². The lowest BCUT2D eigenvalue weighted by Gasteiger charge is -2.17. The second-order valence-corrected chi connectivity index (χ2v) is 14.9. The molecule has 1 aromatic carbocycles. The summed E-state index contributed by atoms with van der Waals surface area (Å²) in [7, 11) is -3.65. The Morgan fingerprint density at radius 1 is 0.556 bits per heavy atom. The molecule has 1 aromatic rings. The molecule has 1 N–H and O–H groups in total. The van der Waals surface area contributed by atoms with E-state index < -0.39 is 10.1 Å². The van der Waals surface area contributed by atoms with Crippen molar-refractivity contribution in [1.82, 2.24) is 0 Å². The summed E-state index contributed by atoms with van der Waals surface area (Å²) in [5.41, 5.74) is 1.05. The van der Waals surface area contributed by atoms with Gasteiger partial charge in [-0.2, -0.15) is 8.42 Å². The van der Waals surface area contributed by atoms with Crippen LogP contribution in [0.4, 0.5) is 0 Å². The molecule has 45 heavy (non-hydrogen) atoms. The molecule has 0 aromatic heterocycles. The molecule has 0 saturated carbocycles. The van der Waals surface area contributed by atoms with Gasteiger partial charge in [0, 0.05) is 6.61 Å². The zero-order valence-electron chi connectivity index (χ0n) is 29.9. The Labute approximate surface area is 283 Å². The number of unbranched alkanes of at least 4 members (excludes halogenated alkanes) is 16. The third-order valence-corrected chi connectivity index (χ3v) is 10.2. The summed E-state index contributed by atoms with van der Waals surface area (Å²) in [5, 5.41) is 9.32. The number of benzene rings is 1. The fraction of sp³-hybridized carbons (Fsp3) is 0.850. The van der Waals surface area contributed by atoms with Crippen molar-refractivity contribution in [2.45, 2.75) is 201 Å². The lowest BCUT2D eigenvalue weighted by molar-refractivity contribution is 0.204. The zero-order chi connectivity index (χ0) is 32.7. The largest absolute Gasteiger partial charge is 0.396 e. The minimum atomic E-state index is -3.65. The fourth-order valence-electron chi connectivity index (χ4n) is 5.74. The summed E-state index contributed by atoms with van der Waals surface area (Å²) in [6, 6.07) is 6.90. The second-order valence-electron chi connectivity index (χ2n) is 13.3. The highest BCUT2D eigenvalue weighted by Gasteiger charge is 2.18. The van der Waals surface area contributed by atoms with Crippen molar-refractivity contribution in [2.24, 2.45) is 11.8 Å². The molecule has 0 heterocycles. The summed E-state index contributed by atoms with van der Waals surface area (Å²) in [6.45, 7) is 11.6. The Bertz CT molecular complexity index is 821. The van der Waals surface area contributed by atoms with Crippen LogP contribution < -0.4 is 0 Å². The molecular formula is C40H78O4S. The van der Waals surface area contributed by atoms with E-state index in [1.54, 1.807) is 12.1 Å². The predicted molar refractivity (Wildman–Crippen MR) is 199 cm³/mol. The van der Waals surface area contributed by atoms with E-state index >= 15 is 0 Å². The van der Waals surface area contributed by atoms with E-state index in [1.165, 1.54) is 141 Å². The summed E-state index contributed by atoms with van der Waals surface area (Å²) in [5.74, 6) is 0.922. The molecular weight excluding hydrogens is 577 g/mol. The molecule has 0 bridgehead atoms. The van der Waals surface area contributed by atoms with Gasteiger partial charge in [0.05, 0.1) is 11.5 Å². The standard InChI is InChI=1S/C23H40O3S.C16H34O.CH4/c1-4-6-8-10-11-13-15-22(14-12-9-7-5-2)20-26-27(24,25)23-18-16-21(3)17-19-23;1-3-5-7-9-10-12-14-16(15-17)13-11-8-6-4-2;/h16-19,22H,4-15,20H2,1-3H3;16-17H,3-15H2,1-2H3;1H4. The molecule has 0 aliphatic rings. The summed E-state index contributed by atoms with van der Waals surface area (Å²) < 4.78 is 30.3. The van der Waals surface area contributed by atoms with Gasteiger partial charge < -0.3 is 5.11 Å². The molecule has 4 nitrogen and oxygen atoms in total. The monoisotopic (exact) mass is 655 g/mol. The number of rotatable bonds is 29. The van der Waals surface area contributed by atoms with Crippen molar-refractivity contribution >= 4 is 10.1 Å². The zero-order valence-corrected chi connectivity index (χ0v) is 30.7. The minimum Gasteiger partial charge on any atom is -0.396 e. The van der Waals surface area contributed by atoms with Crippen molar-refractivity contribution in [3.63, 3.8) is 0 Å². The first-order valence-electron chi connectivity index (χ1n) is 18.9. The van der Waals surface area contributed by atoms with Gasteiger partial charge in [0.2, 0.25) is 0 Å². The molecule has 2 atom stereocenters. The highest BCUT2D eigenvalue weighted by Crippen LogP contribution is 2.22. The topological polar surface area (TPSA) is 63.6 Å². The van der Waals surface area contributed by atoms with Gasteiger partial charge in [0.1, 0.15) is 0 Å². The van der Waals surface area contributed by atoms with E-state index in [2.05, 4.69) is 27.7 Å². The minimum absolute atomic E-state index is 0. The predicted octanol–water partition coefficient (Wildman–Crippen LogP) is 13.0. The van der Waals surface area contributed by atoms with Gasteiger partial charge in [-0.05, 0) is 56.6 Å². The first kappa shape index (κ1) is 46.2. The normalized spacial score (nSPS) is 12.7. The van der Waals surface area contributed by atoms with Crippen LogP contribution >= 0.6 is 0 Å². The highest BCUT2D eigenvalue weighted by atomic mass is 32.2. The Kier molecular flexibility index (Phi) is 33.9. The Morgan fingerprint density at radius 3 is 1.27 bits per heavy atom. The summed E-state index contributed by atoms with van der Waals surface area (Å²) >= 11 is 0. The summed E-state index contributed by atoms with van der Waals surface area (Å²) in [4.78, 5) is 0.261. The molecule has 0 amide bonds. The molecule has 5 heteroatoms. The van der Waals surface area contributed by atoms with E-state index in [9.17, 15) is 13.5 Å². The van der Waals surface area contributed by atoms with Crippen LogP contribution in [0.5, 0.6) is 0 Å². The molecule has 0 spiro atoms. The van der Waals surface area contributed by atoms with Gasteiger partial charge in [-0.3, -0.25) is 4.18 Å². The van der Waals surface area contributed by atoms with E-state index in [-0.39, 0.29) is 12.3 Å². The van der Waals surface area contributed by atoms with Crippen molar-refractivity contribution in [2.75, 3.05) is 13.2 Å². The molecule has 0 radical (unpaired) electrons. The maximum atomic E-state index is 12.5. The van der Waals surface area contributed by atoms with E-state index in [1.807, 2.05) is 19.1 Å². The Balaban J connectivity index is 0. The molecule has 0 saturated heterocycles. The maximum Gasteiger partial charge on any atom is 0.296 e. The van der Waals surface area contributed by atoms with Crippen LogP contribution in [0.3, 0.4) is 0 Å². The smallest absolute Gasteiger partial charge is 0.296 e. The third kappa shape index (κ3) is 27.9. The van der Waals surface area contributed by atoms with Crippen LogP contribution in [-0.2, 0) is 14.3 Å². The first-order chi connectivity index (χ1) is 21.3. The number of aryl methyl sites for hydroxylation is 1. The molecule has 2 unspecified atom stereocenters. The van der Waals surface area contributed by atoms with E-state index in [0.717, 1.165) is 18.4 Å². The van der Waals surface area contributed by atoms with Gasteiger partial charge in [0.15, 0.2) is 0 Å². The van der Waals surface area contributed by atoms with Gasteiger partial charge in [-0.15, -0.1) is 0 Å². The number of hydrogen-bond donors (Lipinski definition) is 1. The Hall–Kier alpha value is -0.910. The number of aliphatic hydroxyl groups is 1. The fourth-order valence-corrected chi connectivity index (χ4v) is 6.72. The van der Waals surface area contributed by atoms with Gasteiger partial charge >= 0.3 is 0 Å². The first-order valence-corrected chi connectivity index (χ1v) is 20.3. The summed E-state index contributed by atoms with van der Waals surface area (Å²) in [6.07, 6.45) is 30.6. The van der Waals surface area contributed by atoms with Crippen molar-refractivity contribution in [3.8, 4) is 0 Å². The van der Waals surface area contributed by atoms with E-state index in [4.69, 9.17) is 4.18 Å². The average molecular weight is 655 g/mol. The Morgan fingerprint density at radius 2 is 0.889 bits per heavy atom. The third-order valence-electron chi connectivity index (χ3n) is 8.89. The second kappa shape index (κ2) is 33.0. The van der Waals surface area contributed by atoms with Crippen LogP contribution in [-0.4, -0.2) is 26.7 Å². The van der Waals surface area contributed by atoms with Gasteiger partial charge in [-0.25, -0.2) is 0 Å². The van der Waals surface area contributed by atoms with Gasteiger partial charge in [0.25, 0.3) is 10.1 Å². The van der Waals surface area contributed by atoms with Crippen LogP contribution in [0.15, 0.2) is 29.2 Å². The average Bonchev–Trinajstić information content (AvgIpc) is 3.02. The molecule has 1 rings (SSSR count). The van der Waals surface area contributed by atoms with Crippen molar-refractivity contribution < 1.29 is 17.7 Å². The lowest BCUT2D eigenvalue weighted by Crippen LogP contribution is -2.15. The molecule has 0 aliphatic heterocycles. The van der Waals surface area contributed by atoms with Crippen LogP contribution in [0, 0.1) is 18.8 Å². The van der Waals surface area contributed by atoms with Crippen LogP contribution in [0.2, 0.25) is 0 Å². The van der Waals surface area contributed by atoms with E-state index in [0.29, 0.717) is 25.0 Å². The van der Waals surface area contributed by atoms with Crippen LogP contribution in [0.25, 0.3) is 0 Å². The van der Waals surface area contributed by atoms with Crippen molar-refractivity contribution in [3.05, 3.63) is 29.8 Å². The number of hydrogen-bond acceptors (Lipinski definition) is 4. The highest BCUT2D eigenvalue weighted by molar-refractivity contribution is 7.86. The molecule has 0 aliphatic carbocycles. The SMILES string of the molecule is C.CCCCCCCCC(CCCCCC)COS(=O)(=O)c1ccc(C)cc1.CCCCCCCCC(CO)CCCCCC. The van der Waals surface area contributed by atoms with Gasteiger partial charge in [-0.1, -0.05) is 181 Å². The van der Waals surface area contributed by atoms with Crippen LogP contribution in [0.1, 0.15) is 195 Å². The maximum absolute atomic E-state index is 12.5. The molecule has 0 fully saturated rings.